The molecule has 21 heavy (non-hydrogen) atoms. The molecule has 2 aliphatic rings. The lowest BCUT2D eigenvalue weighted by molar-refractivity contribution is 0.0779. The minimum atomic E-state index is -3.23. The van der Waals surface area contributed by atoms with Crippen molar-refractivity contribution < 1.29 is 13.2 Å². The monoisotopic (exact) mass is 308 g/mol. The van der Waals surface area contributed by atoms with Crippen molar-refractivity contribution in [3.05, 3.63) is 29.8 Å². The second-order valence-electron chi connectivity index (χ2n) is 6.17. The van der Waals surface area contributed by atoms with Gasteiger partial charge in [-0.15, -0.1) is 0 Å². The lowest BCUT2D eigenvalue weighted by atomic mass is 9.98. The van der Waals surface area contributed by atoms with E-state index >= 15 is 0 Å². The largest absolute Gasteiger partial charge is 0.338 e. The first-order chi connectivity index (χ1) is 9.86. The molecule has 5 nitrogen and oxygen atoms in total. The van der Waals surface area contributed by atoms with Gasteiger partial charge in [-0.05, 0) is 48.9 Å². The summed E-state index contributed by atoms with van der Waals surface area (Å²) in [5, 5.41) is 0. The van der Waals surface area contributed by atoms with Gasteiger partial charge in [-0.1, -0.05) is 0 Å². The first kappa shape index (κ1) is 14.5. The Bertz CT molecular complexity index is 654. The summed E-state index contributed by atoms with van der Waals surface area (Å²) in [6.45, 7) is 1.49. The minimum absolute atomic E-state index is 0.0309. The van der Waals surface area contributed by atoms with Crippen LogP contribution < -0.4 is 5.73 Å². The summed E-state index contributed by atoms with van der Waals surface area (Å²) in [5.41, 5.74) is 6.62. The van der Waals surface area contributed by atoms with Crippen LogP contribution in [0.4, 0.5) is 0 Å². The molecule has 0 spiro atoms. The Morgan fingerprint density at radius 2 is 1.86 bits per heavy atom. The zero-order chi connectivity index (χ0) is 15.2. The average molecular weight is 308 g/mol. The Labute approximate surface area is 125 Å². The predicted molar refractivity (Wildman–Crippen MR) is 79.6 cm³/mol. The number of amides is 1. The highest BCUT2D eigenvalue weighted by atomic mass is 32.2. The molecule has 114 valence electrons. The van der Waals surface area contributed by atoms with E-state index in [1.807, 2.05) is 4.90 Å². The second kappa shape index (κ2) is 5.10. The van der Waals surface area contributed by atoms with Crippen LogP contribution in [0.3, 0.4) is 0 Å². The number of sulfone groups is 1. The third-order valence-electron chi connectivity index (χ3n) is 4.73. The molecule has 1 heterocycles. The molecular weight excluding hydrogens is 288 g/mol. The molecule has 1 amide bonds. The fourth-order valence-electron chi connectivity index (χ4n) is 3.50. The summed E-state index contributed by atoms with van der Waals surface area (Å²) in [7, 11) is -3.23. The highest BCUT2D eigenvalue weighted by Crippen LogP contribution is 2.37. The maximum Gasteiger partial charge on any atom is 0.253 e. The van der Waals surface area contributed by atoms with Crippen LogP contribution in [0.25, 0.3) is 0 Å². The van der Waals surface area contributed by atoms with Crippen LogP contribution in [-0.2, 0) is 9.84 Å². The Hall–Kier alpha value is -1.40. The number of carbonyl (C=O) groups excluding carboxylic acids is 1. The Balaban J connectivity index is 1.75. The van der Waals surface area contributed by atoms with Crippen LogP contribution in [0.1, 0.15) is 23.2 Å². The number of hydrogen-bond acceptors (Lipinski definition) is 4. The van der Waals surface area contributed by atoms with E-state index in [0.717, 1.165) is 32.2 Å². The number of benzene rings is 1. The molecule has 3 rings (SSSR count). The summed E-state index contributed by atoms with van der Waals surface area (Å²) >= 11 is 0. The number of nitrogens with two attached hydrogens (primary N) is 1. The molecule has 3 atom stereocenters. The second-order valence-corrected chi connectivity index (χ2v) is 8.19. The molecule has 0 bridgehead atoms. The van der Waals surface area contributed by atoms with E-state index < -0.39 is 9.84 Å². The molecule has 0 radical (unpaired) electrons. The highest BCUT2D eigenvalue weighted by molar-refractivity contribution is 7.90. The molecule has 1 saturated carbocycles. The van der Waals surface area contributed by atoms with Crippen molar-refractivity contribution >= 4 is 15.7 Å². The van der Waals surface area contributed by atoms with Gasteiger partial charge in [0.1, 0.15) is 0 Å². The van der Waals surface area contributed by atoms with Crippen molar-refractivity contribution in [3.8, 4) is 0 Å². The van der Waals surface area contributed by atoms with Gasteiger partial charge in [0.2, 0.25) is 0 Å². The first-order valence-electron chi connectivity index (χ1n) is 7.21. The molecule has 1 aromatic carbocycles. The van der Waals surface area contributed by atoms with Gasteiger partial charge in [0.25, 0.3) is 5.91 Å². The van der Waals surface area contributed by atoms with Crippen molar-refractivity contribution in [3.63, 3.8) is 0 Å². The molecule has 1 aromatic rings. The number of nitrogens with zero attached hydrogens (tertiary/aromatic N) is 1. The Kier molecular flexibility index (Phi) is 3.53. The summed E-state index contributed by atoms with van der Waals surface area (Å²) in [6.07, 6.45) is 3.32. The van der Waals surface area contributed by atoms with E-state index in [0.29, 0.717) is 17.4 Å². The first-order valence-corrected chi connectivity index (χ1v) is 9.10. The molecule has 2 fully saturated rings. The van der Waals surface area contributed by atoms with E-state index in [1.165, 1.54) is 12.1 Å². The van der Waals surface area contributed by atoms with Crippen molar-refractivity contribution in [2.24, 2.45) is 17.6 Å². The molecule has 6 heteroatoms. The molecule has 1 aliphatic heterocycles. The van der Waals surface area contributed by atoms with Gasteiger partial charge in [0.15, 0.2) is 9.84 Å². The van der Waals surface area contributed by atoms with Crippen LogP contribution in [0.15, 0.2) is 29.2 Å². The number of likely N-dealkylation sites (tertiary alicyclic amines) is 1. The van der Waals surface area contributed by atoms with Gasteiger partial charge in [-0.25, -0.2) is 8.42 Å². The third kappa shape index (κ3) is 2.70. The van der Waals surface area contributed by atoms with Gasteiger partial charge in [-0.3, -0.25) is 4.79 Å². The standard InChI is InChI=1S/C15H20N2O3S/c1-21(19,20)12-5-2-10(3-6-12)15(18)17-8-11-4-7-14(16)13(11)9-17/h2-3,5-6,11,13-14H,4,7-9,16H2,1H3. The fourth-order valence-corrected chi connectivity index (χ4v) is 4.13. The molecule has 1 saturated heterocycles. The van der Waals surface area contributed by atoms with E-state index in [4.69, 9.17) is 5.73 Å². The SMILES string of the molecule is CS(=O)(=O)c1ccc(C(=O)N2CC3CCC(N)C3C2)cc1. The fraction of sp³-hybridized carbons (Fsp3) is 0.533. The quantitative estimate of drug-likeness (QED) is 0.880. The lowest BCUT2D eigenvalue weighted by Gasteiger charge is -2.19. The summed E-state index contributed by atoms with van der Waals surface area (Å²) < 4.78 is 22.9. The number of hydrogen-bond donors (Lipinski definition) is 1. The van der Waals surface area contributed by atoms with Crippen LogP contribution in [-0.4, -0.2) is 44.6 Å². The minimum Gasteiger partial charge on any atom is -0.338 e. The van der Waals surface area contributed by atoms with Crippen molar-refractivity contribution in [1.82, 2.24) is 4.90 Å². The van der Waals surface area contributed by atoms with Gasteiger partial charge in [0.05, 0.1) is 4.90 Å². The van der Waals surface area contributed by atoms with E-state index in [-0.39, 0.29) is 16.8 Å². The average Bonchev–Trinajstić information content (AvgIpc) is 3.00. The molecule has 1 aliphatic carbocycles. The van der Waals surface area contributed by atoms with Crippen LogP contribution in [0, 0.1) is 11.8 Å². The van der Waals surface area contributed by atoms with E-state index in [1.54, 1.807) is 12.1 Å². The van der Waals surface area contributed by atoms with Gasteiger partial charge in [0, 0.05) is 31.0 Å². The Morgan fingerprint density at radius 3 is 2.43 bits per heavy atom. The number of carbonyl (C=O) groups is 1. The maximum absolute atomic E-state index is 12.5. The van der Waals surface area contributed by atoms with Gasteiger partial charge in [-0.2, -0.15) is 0 Å². The predicted octanol–water partition coefficient (Wildman–Crippen LogP) is 0.899. The summed E-state index contributed by atoms with van der Waals surface area (Å²) in [5.74, 6) is 0.917. The van der Waals surface area contributed by atoms with Crippen molar-refractivity contribution in [1.29, 1.82) is 0 Å². The van der Waals surface area contributed by atoms with Crippen LogP contribution in [0.5, 0.6) is 0 Å². The molecular formula is C15H20N2O3S. The third-order valence-corrected chi connectivity index (χ3v) is 5.86. The Morgan fingerprint density at radius 1 is 1.19 bits per heavy atom. The molecule has 2 N–H and O–H groups in total. The van der Waals surface area contributed by atoms with E-state index in [9.17, 15) is 13.2 Å². The molecule has 0 aromatic heterocycles. The highest BCUT2D eigenvalue weighted by Gasteiger charge is 2.42. The summed E-state index contributed by atoms with van der Waals surface area (Å²) in [4.78, 5) is 14.6. The van der Waals surface area contributed by atoms with Crippen LogP contribution in [0.2, 0.25) is 0 Å². The molecule has 3 unspecified atom stereocenters. The summed E-state index contributed by atoms with van der Waals surface area (Å²) in [6, 6.07) is 6.37. The lowest BCUT2D eigenvalue weighted by Crippen LogP contribution is -2.33. The zero-order valence-electron chi connectivity index (χ0n) is 12.0. The van der Waals surface area contributed by atoms with Crippen molar-refractivity contribution in [2.45, 2.75) is 23.8 Å². The zero-order valence-corrected chi connectivity index (χ0v) is 12.8. The van der Waals surface area contributed by atoms with E-state index in [2.05, 4.69) is 0 Å². The normalized spacial score (nSPS) is 28.7. The number of rotatable bonds is 2. The van der Waals surface area contributed by atoms with Crippen molar-refractivity contribution in [2.75, 3.05) is 19.3 Å². The number of fused-ring (bicyclic) bond motifs is 1. The topological polar surface area (TPSA) is 80.5 Å². The van der Waals surface area contributed by atoms with Gasteiger partial charge < -0.3 is 10.6 Å². The van der Waals surface area contributed by atoms with Gasteiger partial charge >= 0.3 is 0 Å². The smallest absolute Gasteiger partial charge is 0.253 e. The maximum atomic E-state index is 12.5. The van der Waals surface area contributed by atoms with Crippen LogP contribution >= 0.6 is 0 Å².